The van der Waals surface area contributed by atoms with Crippen LogP contribution >= 0.6 is 11.3 Å². The number of aryl methyl sites for hydroxylation is 1. The molecule has 6 nitrogen and oxygen atoms in total. The summed E-state index contributed by atoms with van der Waals surface area (Å²) in [6, 6.07) is 3.86. The number of amides is 1. The molecule has 0 saturated heterocycles. The van der Waals surface area contributed by atoms with E-state index in [1.54, 1.807) is 23.7 Å². The molecule has 2 aromatic rings. The van der Waals surface area contributed by atoms with Crippen LogP contribution in [0.2, 0.25) is 0 Å². The topological polar surface area (TPSA) is 67.2 Å². The third kappa shape index (κ3) is 4.94. The molecule has 0 fully saturated rings. The highest BCUT2D eigenvalue weighted by atomic mass is 32.1. The molecule has 0 saturated carbocycles. The van der Waals surface area contributed by atoms with Gasteiger partial charge in [-0.1, -0.05) is 0 Å². The van der Waals surface area contributed by atoms with Crippen LogP contribution in [0.5, 0.6) is 0 Å². The summed E-state index contributed by atoms with van der Waals surface area (Å²) in [5.74, 6) is -0.105. The van der Waals surface area contributed by atoms with Crippen molar-refractivity contribution >= 4 is 23.0 Å². The van der Waals surface area contributed by atoms with Crippen LogP contribution in [0.4, 0.5) is 0 Å². The minimum absolute atomic E-state index is 0.105. The summed E-state index contributed by atoms with van der Waals surface area (Å²) in [5.41, 5.74) is 5.25. The molecule has 0 atom stereocenters. The van der Waals surface area contributed by atoms with Gasteiger partial charge in [0.15, 0.2) is 6.54 Å². The lowest BCUT2D eigenvalue weighted by Crippen LogP contribution is -2.43. The highest BCUT2D eigenvalue weighted by molar-refractivity contribution is 7.17. The maximum absolute atomic E-state index is 11.9. The number of carbonyl (C=O) groups is 1. The molecule has 0 spiro atoms. The van der Waals surface area contributed by atoms with Crippen molar-refractivity contribution in [3.63, 3.8) is 0 Å². The average Bonchev–Trinajstić information content (AvgIpc) is 2.86. The Morgan fingerprint density at radius 1 is 1.39 bits per heavy atom. The molecule has 0 radical (unpaired) electrons. The number of nitrogens with zero attached hydrogens (tertiary/aromatic N) is 4. The van der Waals surface area contributed by atoms with Crippen molar-refractivity contribution in [1.29, 1.82) is 0 Å². The van der Waals surface area contributed by atoms with Gasteiger partial charge in [0.05, 0.1) is 37.4 Å². The first-order valence-electron chi connectivity index (χ1n) is 7.28. The van der Waals surface area contributed by atoms with E-state index in [1.807, 2.05) is 47.1 Å². The molecule has 122 valence electrons. The van der Waals surface area contributed by atoms with Gasteiger partial charge in [-0.05, 0) is 26.0 Å². The van der Waals surface area contributed by atoms with Gasteiger partial charge in [-0.25, -0.2) is 10.4 Å². The van der Waals surface area contributed by atoms with Crippen molar-refractivity contribution < 1.29 is 9.28 Å². The summed E-state index contributed by atoms with van der Waals surface area (Å²) >= 11 is 1.55. The number of quaternary nitrogens is 1. The van der Waals surface area contributed by atoms with Crippen molar-refractivity contribution in [2.24, 2.45) is 5.10 Å². The molecular weight excluding hydrogens is 310 g/mol. The summed E-state index contributed by atoms with van der Waals surface area (Å²) < 4.78 is 0.561. The van der Waals surface area contributed by atoms with E-state index in [1.165, 1.54) is 0 Å². The number of thiazole rings is 1. The number of rotatable bonds is 5. The van der Waals surface area contributed by atoms with Gasteiger partial charge in [0.2, 0.25) is 0 Å². The van der Waals surface area contributed by atoms with Gasteiger partial charge in [-0.15, -0.1) is 11.3 Å². The van der Waals surface area contributed by atoms with E-state index in [2.05, 4.69) is 20.5 Å². The predicted molar refractivity (Wildman–Crippen MR) is 93.3 cm³/mol. The molecule has 2 aromatic heterocycles. The highest BCUT2D eigenvalue weighted by Gasteiger charge is 2.15. The van der Waals surface area contributed by atoms with Crippen molar-refractivity contribution in [2.75, 3.05) is 27.7 Å². The Bertz CT molecular complexity index is 716. The largest absolute Gasteiger partial charge is 0.323 e. The normalized spacial score (nSPS) is 12.3. The van der Waals surface area contributed by atoms with Crippen LogP contribution in [-0.4, -0.2) is 53.8 Å². The van der Waals surface area contributed by atoms with E-state index < -0.39 is 0 Å². The van der Waals surface area contributed by atoms with Gasteiger partial charge in [0.25, 0.3) is 5.91 Å². The Morgan fingerprint density at radius 2 is 2.13 bits per heavy atom. The lowest BCUT2D eigenvalue weighted by atomic mass is 10.3. The van der Waals surface area contributed by atoms with E-state index >= 15 is 0 Å². The number of hydrazone groups is 1. The molecule has 0 unspecified atom stereocenters. The van der Waals surface area contributed by atoms with Gasteiger partial charge < -0.3 is 4.48 Å². The Balaban J connectivity index is 2.14. The number of likely N-dealkylation sites (N-methyl/N-ethyl adjacent to an activating group) is 1. The fraction of sp³-hybridized carbons (Fsp3) is 0.375. The van der Waals surface area contributed by atoms with Crippen LogP contribution < -0.4 is 5.43 Å². The zero-order valence-corrected chi connectivity index (χ0v) is 14.9. The lowest BCUT2D eigenvalue weighted by molar-refractivity contribution is -0.862. The molecule has 0 aliphatic heterocycles. The number of hydrogen-bond donors (Lipinski definition) is 1. The first kappa shape index (κ1) is 17.2. The van der Waals surface area contributed by atoms with Crippen molar-refractivity contribution in [3.05, 3.63) is 35.1 Å². The molecule has 0 aliphatic carbocycles. The Labute approximate surface area is 140 Å². The predicted octanol–water partition coefficient (Wildman–Crippen LogP) is 2.06. The fourth-order valence-corrected chi connectivity index (χ4v) is 3.01. The van der Waals surface area contributed by atoms with Crippen LogP contribution in [0.3, 0.4) is 0 Å². The molecule has 0 bridgehead atoms. The summed E-state index contributed by atoms with van der Waals surface area (Å²) in [4.78, 5) is 21.5. The number of aromatic nitrogens is 2. The fourth-order valence-electron chi connectivity index (χ4n) is 2.01. The smallest absolute Gasteiger partial charge is 0.295 e. The van der Waals surface area contributed by atoms with Crippen molar-refractivity contribution in [3.8, 4) is 10.6 Å². The number of pyridine rings is 1. The molecule has 2 rings (SSSR count). The number of nitrogens with one attached hydrogen (secondary N) is 1. The van der Waals surface area contributed by atoms with Crippen LogP contribution in [0.25, 0.3) is 10.6 Å². The monoisotopic (exact) mass is 332 g/mol. The number of hydrogen-bond acceptors (Lipinski definition) is 5. The molecular formula is C16H22N5OS+. The zero-order chi connectivity index (χ0) is 17.0. The van der Waals surface area contributed by atoms with Crippen LogP contribution in [0.15, 0.2) is 29.6 Å². The molecule has 23 heavy (non-hydrogen) atoms. The van der Waals surface area contributed by atoms with Gasteiger partial charge in [0, 0.05) is 18.0 Å². The summed E-state index contributed by atoms with van der Waals surface area (Å²) in [6.07, 6.45) is 3.53. The van der Waals surface area contributed by atoms with Gasteiger partial charge >= 0.3 is 0 Å². The SMILES string of the molecule is CC(=NNC(=O)C[N+](C)(C)C)c1sc(-c2cccnc2)nc1C. The third-order valence-corrected chi connectivity index (χ3v) is 4.32. The number of carbonyl (C=O) groups excluding carboxylic acids is 1. The Hall–Kier alpha value is -2.12. The first-order valence-corrected chi connectivity index (χ1v) is 8.10. The molecule has 0 aliphatic rings. The summed E-state index contributed by atoms with van der Waals surface area (Å²) in [6.45, 7) is 4.19. The minimum atomic E-state index is -0.105. The molecule has 1 amide bonds. The molecule has 0 aromatic carbocycles. The van der Waals surface area contributed by atoms with Crippen molar-refractivity contribution in [2.45, 2.75) is 13.8 Å². The minimum Gasteiger partial charge on any atom is -0.323 e. The van der Waals surface area contributed by atoms with Crippen LogP contribution in [0, 0.1) is 6.92 Å². The Morgan fingerprint density at radius 3 is 2.74 bits per heavy atom. The van der Waals surface area contributed by atoms with Crippen LogP contribution in [0.1, 0.15) is 17.5 Å². The van der Waals surface area contributed by atoms with E-state index in [9.17, 15) is 4.79 Å². The molecule has 7 heteroatoms. The summed E-state index contributed by atoms with van der Waals surface area (Å²) in [7, 11) is 5.89. The Kier molecular flexibility index (Phi) is 5.23. The second-order valence-electron chi connectivity index (χ2n) is 6.36. The van der Waals surface area contributed by atoms with Gasteiger partial charge in [0.1, 0.15) is 5.01 Å². The van der Waals surface area contributed by atoms with Crippen molar-refractivity contribution in [1.82, 2.24) is 15.4 Å². The molecule has 2 heterocycles. The second-order valence-corrected chi connectivity index (χ2v) is 7.35. The molecule has 1 N–H and O–H groups in total. The van der Waals surface area contributed by atoms with Crippen LogP contribution in [-0.2, 0) is 4.79 Å². The van der Waals surface area contributed by atoms with E-state index in [-0.39, 0.29) is 5.91 Å². The third-order valence-electron chi connectivity index (χ3n) is 3.00. The first-order chi connectivity index (χ1) is 10.8. The van der Waals surface area contributed by atoms with E-state index in [0.29, 0.717) is 11.0 Å². The lowest BCUT2D eigenvalue weighted by Gasteiger charge is -2.22. The van der Waals surface area contributed by atoms with Gasteiger partial charge in [-0.3, -0.25) is 9.78 Å². The van der Waals surface area contributed by atoms with Gasteiger partial charge in [-0.2, -0.15) is 5.10 Å². The maximum atomic E-state index is 11.9. The second kappa shape index (κ2) is 6.97. The standard InChI is InChI=1S/C16H21N5OS/c1-11-15(12(2)19-20-14(22)10-21(3,4)5)23-16(18-11)13-7-6-8-17-9-13/h6-9H,10H2,1-5H3/p+1. The quantitative estimate of drug-likeness (QED) is 0.518. The highest BCUT2D eigenvalue weighted by Crippen LogP contribution is 2.27. The maximum Gasteiger partial charge on any atom is 0.295 e. The van der Waals surface area contributed by atoms with E-state index in [0.717, 1.165) is 26.9 Å². The average molecular weight is 332 g/mol. The zero-order valence-electron chi connectivity index (χ0n) is 14.1. The van der Waals surface area contributed by atoms with E-state index in [4.69, 9.17) is 0 Å². The summed E-state index contributed by atoms with van der Waals surface area (Å²) in [5, 5.41) is 5.11.